The van der Waals surface area contributed by atoms with Gasteiger partial charge in [-0.3, -0.25) is 9.89 Å². The average molecular weight is 242 g/mol. The van der Waals surface area contributed by atoms with Crippen LogP contribution in [0.4, 0.5) is 11.4 Å². The molecule has 1 aliphatic heterocycles. The molecule has 0 radical (unpaired) electrons. The van der Waals surface area contributed by atoms with E-state index >= 15 is 0 Å². The Morgan fingerprint density at radius 3 is 2.78 bits per heavy atom. The molecule has 0 bridgehead atoms. The van der Waals surface area contributed by atoms with Crippen molar-refractivity contribution in [3.05, 3.63) is 41.2 Å². The summed E-state index contributed by atoms with van der Waals surface area (Å²) in [6.45, 7) is 3.84. The first-order valence-corrected chi connectivity index (χ1v) is 5.84. The normalized spacial score (nSPS) is 17.4. The van der Waals surface area contributed by atoms with Gasteiger partial charge in [-0.05, 0) is 19.9 Å². The first kappa shape index (κ1) is 10.8. The molecule has 5 nitrogen and oxygen atoms in total. The summed E-state index contributed by atoms with van der Waals surface area (Å²) in [6.07, 6.45) is 0. The number of anilines is 2. The molecule has 0 saturated heterocycles. The SMILES string of the molecule is Cc1n[nH]c(C)c1NC1C(=O)Nc2ccccc21. The summed E-state index contributed by atoms with van der Waals surface area (Å²) in [4.78, 5) is 12.0. The smallest absolute Gasteiger partial charge is 0.251 e. The number of H-pyrrole nitrogens is 1. The number of aromatic nitrogens is 2. The number of nitrogens with zero attached hydrogens (tertiary/aromatic N) is 1. The van der Waals surface area contributed by atoms with Gasteiger partial charge in [0.05, 0.1) is 17.1 Å². The quantitative estimate of drug-likeness (QED) is 0.755. The van der Waals surface area contributed by atoms with Gasteiger partial charge in [0.2, 0.25) is 0 Å². The third-order valence-corrected chi connectivity index (χ3v) is 3.21. The Morgan fingerprint density at radius 2 is 2.06 bits per heavy atom. The maximum Gasteiger partial charge on any atom is 0.251 e. The van der Waals surface area contributed by atoms with Crippen LogP contribution >= 0.6 is 0 Å². The van der Waals surface area contributed by atoms with E-state index in [2.05, 4.69) is 20.8 Å². The number of aryl methyl sites for hydroxylation is 2. The van der Waals surface area contributed by atoms with E-state index in [1.54, 1.807) is 0 Å². The zero-order valence-corrected chi connectivity index (χ0v) is 10.2. The number of carbonyl (C=O) groups is 1. The predicted molar refractivity (Wildman–Crippen MR) is 69.5 cm³/mol. The number of amides is 1. The maximum atomic E-state index is 12.0. The van der Waals surface area contributed by atoms with Crippen LogP contribution in [0.2, 0.25) is 0 Å². The first-order chi connectivity index (χ1) is 8.66. The van der Waals surface area contributed by atoms with Crippen molar-refractivity contribution in [1.82, 2.24) is 10.2 Å². The van der Waals surface area contributed by atoms with E-state index in [9.17, 15) is 4.79 Å². The highest BCUT2D eigenvalue weighted by molar-refractivity contribution is 6.04. The van der Waals surface area contributed by atoms with Gasteiger partial charge >= 0.3 is 0 Å². The molecule has 1 aromatic carbocycles. The number of aromatic amines is 1. The Kier molecular flexibility index (Phi) is 2.33. The molecular weight excluding hydrogens is 228 g/mol. The van der Waals surface area contributed by atoms with Gasteiger partial charge < -0.3 is 10.6 Å². The van der Waals surface area contributed by atoms with E-state index in [1.165, 1.54) is 0 Å². The van der Waals surface area contributed by atoms with Crippen molar-refractivity contribution in [2.24, 2.45) is 0 Å². The molecule has 0 saturated carbocycles. The van der Waals surface area contributed by atoms with Crippen molar-refractivity contribution < 1.29 is 4.79 Å². The van der Waals surface area contributed by atoms with Gasteiger partial charge in [-0.2, -0.15) is 5.10 Å². The molecule has 3 rings (SSSR count). The van der Waals surface area contributed by atoms with Crippen molar-refractivity contribution in [3.8, 4) is 0 Å². The third-order valence-electron chi connectivity index (χ3n) is 3.21. The van der Waals surface area contributed by atoms with Gasteiger partial charge in [-0.25, -0.2) is 0 Å². The fourth-order valence-corrected chi connectivity index (χ4v) is 2.26. The van der Waals surface area contributed by atoms with Crippen molar-refractivity contribution in [2.45, 2.75) is 19.9 Å². The summed E-state index contributed by atoms with van der Waals surface area (Å²) < 4.78 is 0. The topological polar surface area (TPSA) is 69.8 Å². The highest BCUT2D eigenvalue weighted by atomic mass is 16.2. The van der Waals surface area contributed by atoms with Gasteiger partial charge in [0.1, 0.15) is 6.04 Å². The van der Waals surface area contributed by atoms with Crippen LogP contribution in [0, 0.1) is 13.8 Å². The fraction of sp³-hybridized carbons (Fsp3) is 0.231. The monoisotopic (exact) mass is 242 g/mol. The molecule has 2 aromatic rings. The third kappa shape index (κ3) is 1.55. The number of rotatable bonds is 2. The minimum Gasteiger partial charge on any atom is -0.367 e. The lowest BCUT2D eigenvalue weighted by atomic mass is 10.1. The van der Waals surface area contributed by atoms with Gasteiger partial charge in [-0.1, -0.05) is 18.2 Å². The molecule has 1 unspecified atom stereocenters. The van der Waals surface area contributed by atoms with Gasteiger partial charge in [0, 0.05) is 11.3 Å². The van der Waals surface area contributed by atoms with E-state index < -0.39 is 0 Å². The van der Waals surface area contributed by atoms with Crippen molar-refractivity contribution in [2.75, 3.05) is 10.6 Å². The molecule has 1 amide bonds. The highest BCUT2D eigenvalue weighted by Crippen LogP contribution is 2.33. The number of nitrogens with one attached hydrogen (secondary N) is 3. The highest BCUT2D eigenvalue weighted by Gasteiger charge is 2.30. The molecule has 3 N–H and O–H groups in total. The standard InChI is InChI=1S/C13H14N4O/c1-7-11(8(2)17-16-7)15-12-9-5-3-4-6-10(9)14-13(12)18/h3-6,12,15H,1-2H3,(H,14,18)(H,16,17). The van der Waals surface area contributed by atoms with Gasteiger partial charge in [-0.15, -0.1) is 0 Å². The van der Waals surface area contributed by atoms with Gasteiger partial charge in [0.25, 0.3) is 5.91 Å². The van der Waals surface area contributed by atoms with Crippen LogP contribution in [-0.4, -0.2) is 16.1 Å². The molecule has 5 heteroatoms. The summed E-state index contributed by atoms with van der Waals surface area (Å²) in [5.41, 5.74) is 4.54. The van der Waals surface area contributed by atoms with Crippen molar-refractivity contribution in [3.63, 3.8) is 0 Å². The summed E-state index contributed by atoms with van der Waals surface area (Å²) in [7, 11) is 0. The minimum atomic E-state index is -0.351. The molecule has 1 aliphatic rings. The molecule has 1 atom stereocenters. The average Bonchev–Trinajstić information content (AvgIpc) is 2.84. The Hall–Kier alpha value is -2.30. The summed E-state index contributed by atoms with van der Waals surface area (Å²) in [5, 5.41) is 13.1. The number of benzene rings is 1. The Balaban J connectivity index is 1.97. The predicted octanol–water partition coefficient (Wildman–Crippen LogP) is 2.13. The zero-order chi connectivity index (χ0) is 12.7. The summed E-state index contributed by atoms with van der Waals surface area (Å²) in [5.74, 6) is -0.0313. The molecule has 92 valence electrons. The van der Waals surface area contributed by atoms with E-state index in [-0.39, 0.29) is 11.9 Å². The van der Waals surface area contributed by atoms with E-state index in [1.807, 2.05) is 38.1 Å². The van der Waals surface area contributed by atoms with E-state index in [0.717, 1.165) is 28.3 Å². The van der Waals surface area contributed by atoms with Crippen LogP contribution in [0.25, 0.3) is 0 Å². The van der Waals surface area contributed by atoms with E-state index in [4.69, 9.17) is 0 Å². The van der Waals surface area contributed by atoms with Crippen LogP contribution in [0.15, 0.2) is 24.3 Å². The second-order valence-electron chi connectivity index (χ2n) is 4.46. The van der Waals surface area contributed by atoms with Crippen LogP contribution in [0.1, 0.15) is 23.0 Å². The second kappa shape index (κ2) is 3.87. The number of fused-ring (bicyclic) bond motifs is 1. The van der Waals surface area contributed by atoms with Gasteiger partial charge in [0.15, 0.2) is 0 Å². The summed E-state index contributed by atoms with van der Waals surface area (Å²) >= 11 is 0. The number of para-hydroxylation sites is 1. The lowest BCUT2D eigenvalue weighted by Crippen LogP contribution is -2.20. The zero-order valence-electron chi connectivity index (χ0n) is 10.2. The van der Waals surface area contributed by atoms with Crippen LogP contribution in [-0.2, 0) is 4.79 Å². The molecule has 0 fully saturated rings. The molecule has 18 heavy (non-hydrogen) atoms. The molecule has 0 aliphatic carbocycles. The number of hydrogen-bond donors (Lipinski definition) is 3. The Labute approximate surface area is 105 Å². The lowest BCUT2D eigenvalue weighted by Gasteiger charge is -2.12. The largest absolute Gasteiger partial charge is 0.367 e. The number of hydrogen-bond acceptors (Lipinski definition) is 3. The molecule has 2 heterocycles. The fourth-order valence-electron chi connectivity index (χ4n) is 2.26. The number of carbonyl (C=O) groups excluding carboxylic acids is 1. The molecular formula is C13H14N4O. The maximum absolute atomic E-state index is 12.0. The van der Waals surface area contributed by atoms with Crippen LogP contribution in [0.5, 0.6) is 0 Å². The van der Waals surface area contributed by atoms with Crippen LogP contribution < -0.4 is 10.6 Å². The lowest BCUT2D eigenvalue weighted by molar-refractivity contribution is -0.116. The molecule has 0 spiro atoms. The van der Waals surface area contributed by atoms with Crippen molar-refractivity contribution >= 4 is 17.3 Å². The Bertz CT molecular complexity index is 598. The van der Waals surface area contributed by atoms with E-state index in [0.29, 0.717) is 0 Å². The Morgan fingerprint density at radius 1 is 1.28 bits per heavy atom. The first-order valence-electron chi connectivity index (χ1n) is 5.84. The minimum absolute atomic E-state index is 0.0313. The van der Waals surface area contributed by atoms with Crippen molar-refractivity contribution in [1.29, 1.82) is 0 Å². The molecule has 1 aromatic heterocycles. The second-order valence-corrected chi connectivity index (χ2v) is 4.46. The van der Waals surface area contributed by atoms with Crippen LogP contribution in [0.3, 0.4) is 0 Å². The summed E-state index contributed by atoms with van der Waals surface area (Å²) in [6, 6.07) is 7.36.